The van der Waals surface area contributed by atoms with E-state index >= 15 is 0 Å². The maximum absolute atomic E-state index is 11.9. The van der Waals surface area contributed by atoms with Crippen molar-refractivity contribution in [1.29, 1.82) is 0 Å². The van der Waals surface area contributed by atoms with E-state index in [9.17, 15) is 8.42 Å². The summed E-state index contributed by atoms with van der Waals surface area (Å²) in [5, 5.41) is 0. The van der Waals surface area contributed by atoms with Gasteiger partial charge in [-0.3, -0.25) is 0 Å². The summed E-state index contributed by atoms with van der Waals surface area (Å²) in [5.41, 5.74) is 5.75. The Balaban J connectivity index is 2.10. The molecule has 1 aromatic carbocycles. The van der Waals surface area contributed by atoms with E-state index in [4.69, 9.17) is 10.5 Å². The minimum Gasteiger partial charge on any atom is -0.492 e. The van der Waals surface area contributed by atoms with Crippen molar-refractivity contribution in [3.05, 3.63) is 24.3 Å². The smallest absolute Gasteiger partial charge is 0.243 e. The SMILES string of the molecule is CNS(=O)(=O)c1ccccc1OCC1CCCC1CN. The normalized spacial score (nSPS) is 22.9. The van der Waals surface area contributed by atoms with Gasteiger partial charge in [-0.15, -0.1) is 0 Å². The summed E-state index contributed by atoms with van der Waals surface area (Å²) in [7, 11) is -2.10. The van der Waals surface area contributed by atoms with Crippen LogP contribution >= 0.6 is 0 Å². The molecular formula is C14H22N2O3S. The van der Waals surface area contributed by atoms with Gasteiger partial charge in [-0.25, -0.2) is 13.1 Å². The van der Waals surface area contributed by atoms with Gasteiger partial charge in [0.05, 0.1) is 6.61 Å². The molecule has 0 aromatic heterocycles. The van der Waals surface area contributed by atoms with Gasteiger partial charge in [0.15, 0.2) is 0 Å². The number of sulfonamides is 1. The van der Waals surface area contributed by atoms with E-state index < -0.39 is 10.0 Å². The number of ether oxygens (including phenoxy) is 1. The molecule has 2 rings (SSSR count). The van der Waals surface area contributed by atoms with E-state index in [1.54, 1.807) is 24.3 Å². The highest BCUT2D eigenvalue weighted by Gasteiger charge is 2.27. The fraction of sp³-hybridized carbons (Fsp3) is 0.571. The highest BCUT2D eigenvalue weighted by molar-refractivity contribution is 7.89. The average molecular weight is 298 g/mol. The fourth-order valence-corrected chi connectivity index (χ4v) is 3.61. The van der Waals surface area contributed by atoms with E-state index in [1.165, 1.54) is 13.5 Å². The van der Waals surface area contributed by atoms with Crippen LogP contribution in [-0.4, -0.2) is 28.6 Å². The Bertz CT molecular complexity index is 545. The van der Waals surface area contributed by atoms with E-state index in [0.29, 0.717) is 30.7 Å². The number of nitrogens with two attached hydrogens (primary N) is 1. The van der Waals surface area contributed by atoms with Crippen molar-refractivity contribution in [3.8, 4) is 5.75 Å². The van der Waals surface area contributed by atoms with Crippen LogP contribution in [0.1, 0.15) is 19.3 Å². The largest absolute Gasteiger partial charge is 0.492 e. The van der Waals surface area contributed by atoms with Gasteiger partial charge in [-0.05, 0) is 50.4 Å². The van der Waals surface area contributed by atoms with Crippen molar-refractivity contribution in [2.24, 2.45) is 17.6 Å². The van der Waals surface area contributed by atoms with Crippen LogP contribution in [0.5, 0.6) is 5.75 Å². The second-order valence-corrected chi connectivity index (χ2v) is 7.01. The molecule has 0 aliphatic heterocycles. The molecule has 20 heavy (non-hydrogen) atoms. The lowest BCUT2D eigenvalue weighted by molar-refractivity contribution is 0.212. The van der Waals surface area contributed by atoms with Crippen LogP contribution in [0.3, 0.4) is 0 Å². The first-order valence-electron chi connectivity index (χ1n) is 6.94. The molecule has 1 fully saturated rings. The van der Waals surface area contributed by atoms with Crippen molar-refractivity contribution in [2.45, 2.75) is 24.2 Å². The molecule has 0 heterocycles. The molecule has 6 heteroatoms. The van der Waals surface area contributed by atoms with Crippen molar-refractivity contribution in [2.75, 3.05) is 20.2 Å². The molecule has 1 saturated carbocycles. The van der Waals surface area contributed by atoms with Crippen LogP contribution in [0, 0.1) is 11.8 Å². The first-order chi connectivity index (χ1) is 9.58. The summed E-state index contributed by atoms with van der Waals surface area (Å²) in [6.45, 7) is 1.20. The maximum atomic E-state index is 11.9. The van der Waals surface area contributed by atoms with E-state index in [-0.39, 0.29) is 4.90 Å². The van der Waals surface area contributed by atoms with Crippen LogP contribution in [0.2, 0.25) is 0 Å². The Hall–Kier alpha value is -1.11. The Morgan fingerprint density at radius 1 is 1.30 bits per heavy atom. The number of hydrogen-bond acceptors (Lipinski definition) is 4. The molecule has 5 nitrogen and oxygen atoms in total. The Labute approximate surface area is 120 Å². The molecule has 0 amide bonds. The van der Waals surface area contributed by atoms with Gasteiger partial charge in [-0.1, -0.05) is 18.6 Å². The summed E-state index contributed by atoms with van der Waals surface area (Å²) in [6, 6.07) is 6.71. The van der Waals surface area contributed by atoms with E-state index in [2.05, 4.69) is 4.72 Å². The predicted molar refractivity (Wildman–Crippen MR) is 78.1 cm³/mol. The van der Waals surface area contributed by atoms with Crippen LogP contribution in [0.4, 0.5) is 0 Å². The number of hydrogen-bond donors (Lipinski definition) is 2. The van der Waals surface area contributed by atoms with Crippen molar-refractivity contribution in [3.63, 3.8) is 0 Å². The van der Waals surface area contributed by atoms with Gasteiger partial charge in [0.2, 0.25) is 10.0 Å². The Kier molecular flexibility index (Phi) is 5.01. The molecule has 2 unspecified atom stereocenters. The molecule has 0 spiro atoms. The molecule has 1 aliphatic rings. The van der Waals surface area contributed by atoms with Crippen molar-refractivity contribution >= 4 is 10.0 Å². The highest BCUT2D eigenvalue weighted by atomic mass is 32.2. The van der Waals surface area contributed by atoms with Gasteiger partial charge in [0, 0.05) is 0 Å². The van der Waals surface area contributed by atoms with Gasteiger partial charge in [-0.2, -0.15) is 0 Å². The first kappa shape index (κ1) is 15.3. The molecule has 1 aliphatic carbocycles. The molecule has 2 atom stereocenters. The zero-order valence-corrected chi connectivity index (χ0v) is 12.5. The van der Waals surface area contributed by atoms with E-state index in [1.807, 2.05) is 0 Å². The number of nitrogens with one attached hydrogen (secondary N) is 1. The minimum atomic E-state index is -3.49. The number of benzene rings is 1. The van der Waals surface area contributed by atoms with Crippen molar-refractivity contribution in [1.82, 2.24) is 4.72 Å². The summed E-state index contributed by atoms with van der Waals surface area (Å²) in [6.07, 6.45) is 3.41. The summed E-state index contributed by atoms with van der Waals surface area (Å²) < 4.78 is 31.9. The molecule has 3 N–H and O–H groups in total. The van der Waals surface area contributed by atoms with Crippen LogP contribution in [0.25, 0.3) is 0 Å². The molecule has 0 radical (unpaired) electrons. The van der Waals surface area contributed by atoms with Gasteiger partial charge in [0.25, 0.3) is 0 Å². The predicted octanol–water partition coefficient (Wildman–Crippen LogP) is 1.35. The van der Waals surface area contributed by atoms with Gasteiger partial charge >= 0.3 is 0 Å². The average Bonchev–Trinajstić information content (AvgIpc) is 2.93. The first-order valence-corrected chi connectivity index (χ1v) is 8.42. The monoisotopic (exact) mass is 298 g/mol. The lowest BCUT2D eigenvalue weighted by atomic mass is 9.97. The lowest BCUT2D eigenvalue weighted by Gasteiger charge is -2.19. The summed E-state index contributed by atoms with van der Waals surface area (Å²) >= 11 is 0. The minimum absolute atomic E-state index is 0.185. The molecule has 0 saturated heterocycles. The molecular weight excluding hydrogens is 276 g/mol. The third-order valence-corrected chi connectivity index (χ3v) is 5.43. The zero-order valence-electron chi connectivity index (χ0n) is 11.7. The second-order valence-electron chi connectivity index (χ2n) is 5.15. The third-order valence-electron chi connectivity index (χ3n) is 3.98. The molecule has 0 bridgehead atoms. The van der Waals surface area contributed by atoms with Crippen molar-refractivity contribution < 1.29 is 13.2 Å². The van der Waals surface area contributed by atoms with Gasteiger partial charge in [0.1, 0.15) is 10.6 Å². The second kappa shape index (κ2) is 6.56. The highest BCUT2D eigenvalue weighted by Crippen LogP contribution is 2.32. The summed E-state index contributed by atoms with van der Waals surface area (Å²) in [4.78, 5) is 0.185. The molecule has 112 valence electrons. The number of rotatable bonds is 6. The van der Waals surface area contributed by atoms with Crippen LogP contribution in [0.15, 0.2) is 29.2 Å². The standard InChI is InChI=1S/C14H22N2O3S/c1-16-20(17,18)14-8-3-2-7-13(14)19-10-12-6-4-5-11(12)9-15/h2-3,7-8,11-12,16H,4-6,9-10,15H2,1H3. The maximum Gasteiger partial charge on any atom is 0.243 e. The summed E-state index contributed by atoms with van der Waals surface area (Å²) in [5.74, 6) is 1.32. The third kappa shape index (κ3) is 3.31. The molecule has 1 aromatic rings. The van der Waals surface area contributed by atoms with E-state index in [0.717, 1.165) is 12.8 Å². The topological polar surface area (TPSA) is 81.4 Å². The fourth-order valence-electron chi connectivity index (χ4n) is 2.74. The van der Waals surface area contributed by atoms with Crippen LogP contribution in [-0.2, 0) is 10.0 Å². The number of para-hydroxylation sites is 1. The van der Waals surface area contributed by atoms with Gasteiger partial charge < -0.3 is 10.5 Å². The Morgan fingerprint density at radius 2 is 2.00 bits per heavy atom. The quantitative estimate of drug-likeness (QED) is 0.830. The zero-order chi connectivity index (χ0) is 14.6. The lowest BCUT2D eigenvalue weighted by Crippen LogP contribution is -2.24. The van der Waals surface area contributed by atoms with Crippen LogP contribution < -0.4 is 15.2 Å². The Morgan fingerprint density at radius 3 is 2.70 bits per heavy atom.